The van der Waals surface area contributed by atoms with Gasteiger partial charge in [0.2, 0.25) is 11.8 Å². The summed E-state index contributed by atoms with van der Waals surface area (Å²) < 4.78 is 30.4. The molecule has 0 bridgehead atoms. The summed E-state index contributed by atoms with van der Waals surface area (Å²) in [7, 11) is 0. The number of hydrogen-bond acceptors (Lipinski definition) is 5. The molecule has 3 aliphatic heterocycles. The van der Waals surface area contributed by atoms with Crippen LogP contribution in [0, 0.1) is 23.0 Å². The van der Waals surface area contributed by atoms with E-state index in [0.29, 0.717) is 23.6 Å². The van der Waals surface area contributed by atoms with E-state index in [2.05, 4.69) is 20.9 Å². The van der Waals surface area contributed by atoms with Gasteiger partial charge in [0.05, 0.1) is 0 Å². The van der Waals surface area contributed by atoms with Gasteiger partial charge in [-0.3, -0.25) is 14.9 Å². The lowest BCUT2D eigenvalue weighted by atomic mass is 9.64. The molecular weight excluding hydrogens is 426 g/mol. The van der Waals surface area contributed by atoms with E-state index in [1.165, 1.54) is 37.8 Å². The number of carbonyl (C=O) groups is 2. The van der Waals surface area contributed by atoms with Gasteiger partial charge in [0.25, 0.3) is 0 Å². The van der Waals surface area contributed by atoms with Gasteiger partial charge in [-0.25, -0.2) is 8.78 Å². The summed E-state index contributed by atoms with van der Waals surface area (Å²) >= 11 is 0. The highest BCUT2D eigenvalue weighted by Gasteiger charge is 2.40. The van der Waals surface area contributed by atoms with Crippen LogP contribution in [0.3, 0.4) is 0 Å². The molecule has 0 aromatic heterocycles. The number of piperidine rings is 2. The Morgan fingerprint density at radius 1 is 0.879 bits per heavy atom. The van der Waals surface area contributed by atoms with E-state index >= 15 is 8.78 Å². The molecule has 180 valence electrons. The highest BCUT2D eigenvalue weighted by atomic mass is 19.1. The zero-order valence-corrected chi connectivity index (χ0v) is 19.1. The highest BCUT2D eigenvalue weighted by molar-refractivity contribution is 5.98. The summed E-state index contributed by atoms with van der Waals surface area (Å²) in [6.07, 6.45) is 7.16. The van der Waals surface area contributed by atoms with Crippen molar-refractivity contribution in [3.05, 3.63) is 29.3 Å². The number of nitrogens with zero attached hydrogens (tertiary/aromatic N) is 1. The molecule has 3 heterocycles. The van der Waals surface area contributed by atoms with Gasteiger partial charge in [-0.05, 0) is 75.1 Å². The second-order valence-electron chi connectivity index (χ2n) is 10.5. The normalized spacial score (nSPS) is 27.1. The van der Waals surface area contributed by atoms with Gasteiger partial charge < -0.3 is 15.5 Å². The topological polar surface area (TPSA) is 73.5 Å². The van der Waals surface area contributed by atoms with Gasteiger partial charge in [0.15, 0.2) is 0 Å². The maximum Gasteiger partial charge on any atom is 0.227 e. The zero-order chi connectivity index (χ0) is 23.0. The highest BCUT2D eigenvalue weighted by Crippen LogP contribution is 2.47. The number of anilines is 1. The third-order valence-corrected chi connectivity index (χ3v) is 8.53. The molecule has 5 rings (SSSR count). The van der Waals surface area contributed by atoms with Crippen LogP contribution in [0.25, 0.3) is 0 Å². The van der Waals surface area contributed by atoms with Crippen LogP contribution in [0.1, 0.15) is 62.8 Å². The monoisotopic (exact) mass is 460 g/mol. The molecule has 4 fully saturated rings. The number of carbonyl (C=O) groups excluding carboxylic acids is 2. The average Bonchev–Trinajstić information content (AvgIpc) is 2.79. The van der Waals surface area contributed by atoms with Crippen LogP contribution >= 0.6 is 0 Å². The molecule has 1 atom stereocenters. The van der Waals surface area contributed by atoms with Gasteiger partial charge in [0.1, 0.15) is 11.6 Å². The molecule has 1 unspecified atom stereocenters. The van der Waals surface area contributed by atoms with Crippen molar-refractivity contribution in [3.63, 3.8) is 0 Å². The van der Waals surface area contributed by atoms with Gasteiger partial charge >= 0.3 is 0 Å². The number of nitrogens with one attached hydrogen (secondary N) is 3. The third kappa shape index (κ3) is 4.64. The lowest BCUT2D eigenvalue weighted by Crippen LogP contribution is -2.56. The van der Waals surface area contributed by atoms with Crippen LogP contribution in [-0.4, -0.2) is 50.6 Å². The van der Waals surface area contributed by atoms with E-state index in [9.17, 15) is 9.59 Å². The van der Waals surface area contributed by atoms with Gasteiger partial charge in [-0.1, -0.05) is 0 Å². The molecule has 6 nitrogen and oxygen atoms in total. The standard InChI is InChI=1S/C25H34F2N4O2/c26-19-13-18(14-20(27)24(19)17-11-22(32)30-23(33)12-17)31-10-9-29-15-21(31)16-1-3-25(4-2-16)5-7-28-8-6-25/h13-14,16-17,21,28-29H,1-12,15H2,(H,30,32,33). The van der Waals surface area contributed by atoms with E-state index in [1.54, 1.807) is 0 Å². The van der Waals surface area contributed by atoms with Crippen molar-refractivity contribution in [3.8, 4) is 0 Å². The Kier molecular flexibility index (Phi) is 6.40. The van der Waals surface area contributed by atoms with Crippen LogP contribution in [0.5, 0.6) is 0 Å². The predicted molar refractivity (Wildman–Crippen MR) is 122 cm³/mol. The molecule has 3 N–H and O–H groups in total. The molecule has 8 heteroatoms. The van der Waals surface area contributed by atoms with Crippen LogP contribution in [-0.2, 0) is 9.59 Å². The molecule has 1 saturated carbocycles. The van der Waals surface area contributed by atoms with Crippen molar-refractivity contribution < 1.29 is 18.4 Å². The van der Waals surface area contributed by atoms with Gasteiger partial charge in [-0.15, -0.1) is 0 Å². The molecule has 0 radical (unpaired) electrons. The summed E-state index contributed by atoms with van der Waals surface area (Å²) in [5, 5.41) is 9.16. The molecule has 1 spiro atoms. The number of imide groups is 1. The minimum Gasteiger partial charge on any atom is -0.366 e. The summed E-state index contributed by atoms with van der Waals surface area (Å²) in [6, 6.07) is 3.03. The molecule has 1 aliphatic carbocycles. The molecule has 1 aromatic rings. The van der Waals surface area contributed by atoms with E-state index in [0.717, 1.165) is 39.0 Å². The van der Waals surface area contributed by atoms with Gasteiger partial charge in [-0.2, -0.15) is 0 Å². The van der Waals surface area contributed by atoms with E-state index in [4.69, 9.17) is 0 Å². The quantitative estimate of drug-likeness (QED) is 0.605. The minimum atomic E-state index is -0.751. The van der Waals surface area contributed by atoms with E-state index in [-0.39, 0.29) is 24.4 Å². The number of piperazine rings is 1. The Morgan fingerprint density at radius 2 is 1.52 bits per heavy atom. The Balaban J connectivity index is 1.34. The summed E-state index contributed by atoms with van der Waals surface area (Å²) in [6.45, 7) is 4.53. The Bertz CT molecular complexity index is 869. The minimum absolute atomic E-state index is 0.0749. The van der Waals surface area contributed by atoms with Crippen molar-refractivity contribution in [1.82, 2.24) is 16.0 Å². The fraction of sp³-hybridized carbons (Fsp3) is 0.680. The SMILES string of the molecule is O=C1CC(c2c(F)cc(N3CCNCC3C3CCC4(CCNCC4)CC3)cc2F)CC(=O)N1. The number of amides is 2. The number of hydrogen-bond donors (Lipinski definition) is 3. The van der Waals surface area contributed by atoms with Crippen molar-refractivity contribution >= 4 is 17.5 Å². The lowest BCUT2D eigenvalue weighted by Gasteiger charge is -2.48. The predicted octanol–water partition coefficient (Wildman–Crippen LogP) is 2.82. The first kappa shape index (κ1) is 22.7. The van der Waals surface area contributed by atoms with Crippen LogP contribution in [0.15, 0.2) is 12.1 Å². The molecule has 1 aromatic carbocycles. The summed E-state index contributed by atoms with van der Waals surface area (Å²) in [4.78, 5) is 25.6. The van der Waals surface area contributed by atoms with Crippen molar-refractivity contribution in [2.75, 3.05) is 37.6 Å². The molecule has 2 amide bonds. The first-order valence-electron chi connectivity index (χ1n) is 12.4. The first-order chi connectivity index (χ1) is 15.9. The molecule has 33 heavy (non-hydrogen) atoms. The van der Waals surface area contributed by atoms with Crippen LogP contribution < -0.4 is 20.9 Å². The molecule has 4 aliphatic rings. The van der Waals surface area contributed by atoms with Crippen molar-refractivity contribution in [2.45, 2.75) is 63.3 Å². The van der Waals surface area contributed by atoms with Gasteiger partial charge in [0, 0.05) is 55.7 Å². The summed E-state index contributed by atoms with van der Waals surface area (Å²) in [5.74, 6) is -2.53. The lowest BCUT2D eigenvalue weighted by molar-refractivity contribution is -0.133. The Labute approximate surface area is 193 Å². The van der Waals surface area contributed by atoms with Crippen molar-refractivity contribution in [1.29, 1.82) is 0 Å². The smallest absolute Gasteiger partial charge is 0.227 e. The second-order valence-corrected chi connectivity index (χ2v) is 10.5. The molecular formula is C25H34F2N4O2. The fourth-order valence-electron chi connectivity index (χ4n) is 6.67. The second kappa shape index (κ2) is 9.29. The van der Waals surface area contributed by atoms with Crippen LogP contribution in [0.4, 0.5) is 14.5 Å². The largest absolute Gasteiger partial charge is 0.366 e. The van der Waals surface area contributed by atoms with Crippen molar-refractivity contribution in [2.24, 2.45) is 11.3 Å². The first-order valence-corrected chi connectivity index (χ1v) is 12.4. The van der Waals surface area contributed by atoms with E-state index in [1.807, 2.05) is 0 Å². The third-order valence-electron chi connectivity index (χ3n) is 8.53. The van der Waals surface area contributed by atoms with Crippen LogP contribution in [0.2, 0.25) is 0 Å². The number of benzene rings is 1. The van der Waals surface area contributed by atoms with E-state index < -0.39 is 29.4 Å². The maximum atomic E-state index is 15.2. The maximum absolute atomic E-state index is 15.2. The summed E-state index contributed by atoms with van der Waals surface area (Å²) in [5.41, 5.74) is 0.909. The molecule has 3 saturated heterocycles. The fourth-order valence-corrected chi connectivity index (χ4v) is 6.67. The number of halogens is 2. The number of rotatable bonds is 3. The Hall–Kier alpha value is -2.06. The zero-order valence-electron chi connectivity index (χ0n) is 19.1. The average molecular weight is 461 g/mol. The Morgan fingerprint density at radius 3 is 2.15 bits per heavy atom.